The van der Waals surface area contributed by atoms with E-state index >= 15 is 0 Å². The zero-order valence-corrected chi connectivity index (χ0v) is 12.7. The van der Waals surface area contributed by atoms with E-state index in [-0.39, 0.29) is 23.0 Å². The van der Waals surface area contributed by atoms with Crippen LogP contribution in [0.3, 0.4) is 0 Å². The van der Waals surface area contributed by atoms with Crippen molar-refractivity contribution in [3.05, 3.63) is 53.1 Å². The Balaban J connectivity index is 2.91. The summed E-state index contributed by atoms with van der Waals surface area (Å²) in [5, 5.41) is 0. The molecule has 0 heterocycles. The summed E-state index contributed by atoms with van der Waals surface area (Å²) in [6, 6.07) is 6.52. The molecule has 2 aromatic carbocycles. The van der Waals surface area contributed by atoms with Crippen LogP contribution in [0.25, 0.3) is 11.1 Å². The van der Waals surface area contributed by atoms with E-state index in [9.17, 15) is 18.4 Å². The maximum absolute atomic E-state index is 14.3. The molecule has 3 nitrogen and oxygen atoms in total. The number of esters is 1. The first-order chi connectivity index (χ1) is 10.5. The Kier molecular flexibility index (Phi) is 4.92. The van der Waals surface area contributed by atoms with Crippen molar-refractivity contribution < 1.29 is 23.1 Å². The Morgan fingerprint density at radius 3 is 2.41 bits per heavy atom. The van der Waals surface area contributed by atoms with E-state index in [1.54, 1.807) is 18.4 Å². The van der Waals surface area contributed by atoms with Gasteiger partial charge < -0.3 is 4.74 Å². The minimum Gasteiger partial charge on any atom is -0.465 e. The van der Waals surface area contributed by atoms with Gasteiger partial charge in [0.1, 0.15) is 11.6 Å². The lowest BCUT2D eigenvalue weighted by atomic mass is 9.94. The van der Waals surface area contributed by atoms with Crippen molar-refractivity contribution >= 4 is 24.0 Å². The summed E-state index contributed by atoms with van der Waals surface area (Å²) < 4.78 is 32.8. The maximum Gasteiger partial charge on any atom is 0.338 e. The molecule has 0 radical (unpaired) electrons. The Labute approximate surface area is 130 Å². The number of halogens is 2. The smallest absolute Gasteiger partial charge is 0.338 e. The number of carbonyl (C=O) groups is 2. The van der Waals surface area contributed by atoms with Gasteiger partial charge in [-0.05, 0) is 30.5 Å². The van der Waals surface area contributed by atoms with Gasteiger partial charge in [0.2, 0.25) is 0 Å². The fourth-order valence-electron chi connectivity index (χ4n) is 2.18. The summed E-state index contributed by atoms with van der Waals surface area (Å²) in [6.45, 7) is 0. The van der Waals surface area contributed by atoms with Crippen molar-refractivity contribution in [2.75, 3.05) is 13.4 Å². The Morgan fingerprint density at radius 2 is 1.82 bits per heavy atom. The summed E-state index contributed by atoms with van der Waals surface area (Å²) in [5.41, 5.74) is -0.435. The maximum atomic E-state index is 14.3. The van der Waals surface area contributed by atoms with Gasteiger partial charge in [-0.25, -0.2) is 13.6 Å². The van der Waals surface area contributed by atoms with Crippen molar-refractivity contribution in [3.63, 3.8) is 0 Å². The van der Waals surface area contributed by atoms with Gasteiger partial charge in [-0.1, -0.05) is 6.07 Å². The van der Waals surface area contributed by atoms with Gasteiger partial charge in [-0.3, -0.25) is 4.79 Å². The first-order valence-electron chi connectivity index (χ1n) is 6.24. The van der Waals surface area contributed by atoms with E-state index in [4.69, 9.17) is 0 Å². The number of benzene rings is 2. The zero-order chi connectivity index (χ0) is 16.3. The molecular formula is C16H12F2O3S. The van der Waals surface area contributed by atoms with E-state index in [1.165, 1.54) is 24.9 Å². The molecule has 0 aliphatic heterocycles. The van der Waals surface area contributed by atoms with Crippen molar-refractivity contribution in [2.24, 2.45) is 0 Å². The van der Waals surface area contributed by atoms with Gasteiger partial charge in [-0.2, -0.15) is 0 Å². The number of hydrogen-bond acceptors (Lipinski definition) is 4. The largest absolute Gasteiger partial charge is 0.465 e. The van der Waals surface area contributed by atoms with Crippen LogP contribution in [0.2, 0.25) is 0 Å². The molecule has 0 N–H and O–H groups in total. The van der Waals surface area contributed by atoms with Crippen molar-refractivity contribution in [3.8, 4) is 11.1 Å². The molecule has 0 amide bonds. The average Bonchev–Trinajstić information content (AvgIpc) is 2.55. The first kappa shape index (κ1) is 16.2. The molecule has 6 heteroatoms. The Hall–Kier alpha value is -2.21. The third-order valence-electron chi connectivity index (χ3n) is 3.16. The van der Waals surface area contributed by atoms with Gasteiger partial charge >= 0.3 is 5.97 Å². The molecule has 0 spiro atoms. The molecule has 0 unspecified atom stereocenters. The van der Waals surface area contributed by atoms with Crippen LogP contribution >= 0.6 is 11.8 Å². The second-order valence-electron chi connectivity index (χ2n) is 4.31. The van der Waals surface area contributed by atoms with E-state index < -0.39 is 23.2 Å². The lowest BCUT2D eigenvalue weighted by Crippen LogP contribution is -2.07. The summed E-state index contributed by atoms with van der Waals surface area (Å²) in [4.78, 5) is 23.7. The predicted molar refractivity (Wildman–Crippen MR) is 80.3 cm³/mol. The van der Waals surface area contributed by atoms with Crippen LogP contribution in [0.1, 0.15) is 20.7 Å². The summed E-state index contributed by atoms with van der Waals surface area (Å²) in [5.74, 6) is -2.32. The van der Waals surface area contributed by atoms with Crippen LogP contribution < -0.4 is 0 Å². The minimum atomic E-state index is -0.849. The average molecular weight is 322 g/mol. The second kappa shape index (κ2) is 6.70. The fraction of sp³-hybridized carbons (Fsp3) is 0.125. The number of hydrogen-bond donors (Lipinski definition) is 0. The number of ether oxygens (including phenoxy) is 1. The zero-order valence-electron chi connectivity index (χ0n) is 11.9. The highest BCUT2D eigenvalue weighted by Gasteiger charge is 2.23. The molecule has 2 aromatic rings. The topological polar surface area (TPSA) is 43.4 Å². The molecule has 0 aromatic heterocycles. The molecule has 0 atom stereocenters. The van der Waals surface area contributed by atoms with Gasteiger partial charge in [0.15, 0.2) is 6.29 Å². The minimum absolute atomic E-state index is 0.0713. The normalized spacial score (nSPS) is 10.4. The van der Waals surface area contributed by atoms with Crippen LogP contribution in [0.5, 0.6) is 0 Å². The molecule has 0 aliphatic rings. The van der Waals surface area contributed by atoms with E-state index in [2.05, 4.69) is 4.74 Å². The number of carbonyl (C=O) groups excluding carboxylic acids is 2. The van der Waals surface area contributed by atoms with Gasteiger partial charge in [0.25, 0.3) is 0 Å². The molecule has 0 saturated carbocycles. The van der Waals surface area contributed by atoms with E-state index in [0.717, 1.165) is 12.1 Å². The summed E-state index contributed by atoms with van der Waals surface area (Å²) >= 11 is 1.25. The van der Waals surface area contributed by atoms with Crippen molar-refractivity contribution in [1.82, 2.24) is 0 Å². The predicted octanol–water partition coefficient (Wildman–Crippen LogP) is 3.95. The molecule has 114 valence electrons. The number of aldehydes is 1. The highest BCUT2D eigenvalue weighted by Crippen LogP contribution is 2.37. The third kappa shape index (κ3) is 2.74. The quantitative estimate of drug-likeness (QED) is 0.486. The van der Waals surface area contributed by atoms with Crippen LogP contribution in [-0.4, -0.2) is 25.6 Å². The van der Waals surface area contributed by atoms with E-state index in [1.807, 2.05) is 0 Å². The Morgan fingerprint density at radius 1 is 1.14 bits per heavy atom. The van der Waals surface area contributed by atoms with Gasteiger partial charge in [0.05, 0.1) is 18.2 Å². The van der Waals surface area contributed by atoms with E-state index in [0.29, 0.717) is 4.90 Å². The molecule has 0 saturated heterocycles. The monoisotopic (exact) mass is 322 g/mol. The van der Waals surface area contributed by atoms with Crippen LogP contribution in [0, 0.1) is 11.6 Å². The summed E-state index contributed by atoms with van der Waals surface area (Å²) in [6.07, 6.45) is 1.98. The molecule has 2 rings (SSSR count). The SMILES string of the molecule is COC(=O)c1cccc(SC)c1-c1c(F)ccc(F)c1C=O. The van der Waals surface area contributed by atoms with Crippen LogP contribution in [-0.2, 0) is 4.74 Å². The molecule has 0 aliphatic carbocycles. The third-order valence-corrected chi connectivity index (χ3v) is 3.94. The van der Waals surface area contributed by atoms with Gasteiger partial charge in [0, 0.05) is 16.0 Å². The number of rotatable bonds is 4. The molecule has 22 heavy (non-hydrogen) atoms. The fourth-order valence-corrected chi connectivity index (χ4v) is 2.81. The second-order valence-corrected chi connectivity index (χ2v) is 5.16. The van der Waals surface area contributed by atoms with Crippen LogP contribution in [0.15, 0.2) is 35.2 Å². The molecule has 0 fully saturated rings. The van der Waals surface area contributed by atoms with Crippen molar-refractivity contribution in [1.29, 1.82) is 0 Å². The lowest BCUT2D eigenvalue weighted by molar-refractivity contribution is 0.0601. The van der Waals surface area contributed by atoms with Gasteiger partial charge in [-0.15, -0.1) is 11.8 Å². The lowest BCUT2D eigenvalue weighted by Gasteiger charge is -2.15. The molecule has 0 bridgehead atoms. The summed E-state index contributed by atoms with van der Waals surface area (Å²) in [7, 11) is 1.19. The van der Waals surface area contributed by atoms with Crippen molar-refractivity contribution in [2.45, 2.75) is 4.90 Å². The molecular weight excluding hydrogens is 310 g/mol. The number of methoxy groups -OCH3 is 1. The Bertz CT molecular complexity index is 744. The number of thioether (sulfide) groups is 1. The highest BCUT2D eigenvalue weighted by atomic mass is 32.2. The highest BCUT2D eigenvalue weighted by molar-refractivity contribution is 7.98. The standard InChI is InChI=1S/C16H12F2O3S/c1-21-16(20)9-4-3-5-13(22-2)15(9)14-10(8-19)11(17)6-7-12(14)18/h3-8H,1-2H3. The van der Waals surface area contributed by atoms with Crippen LogP contribution in [0.4, 0.5) is 8.78 Å². The first-order valence-corrected chi connectivity index (χ1v) is 7.46.